The van der Waals surface area contributed by atoms with Crippen molar-refractivity contribution in [3.8, 4) is 5.75 Å². The van der Waals surface area contributed by atoms with E-state index in [1.165, 1.54) is 11.1 Å². The zero-order valence-electron chi connectivity index (χ0n) is 21.7. The highest BCUT2D eigenvalue weighted by Gasteiger charge is 2.32. The van der Waals surface area contributed by atoms with E-state index in [2.05, 4.69) is 43.4 Å². The summed E-state index contributed by atoms with van der Waals surface area (Å²) in [6.07, 6.45) is 5.54. The number of rotatable bonds is 14. The Kier molecular flexibility index (Phi) is 12.5. The van der Waals surface area contributed by atoms with Gasteiger partial charge in [-0.3, -0.25) is 4.79 Å². The molecule has 36 heavy (non-hydrogen) atoms. The fraction of sp³-hybridized carbons (Fsp3) is 0.552. The topological polar surface area (TPSA) is 67.8 Å². The van der Waals surface area contributed by atoms with Crippen LogP contribution in [0.3, 0.4) is 0 Å². The molecule has 0 radical (unpaired) electrons. The van der Waals surface area contributed by atoms with Crippen LogP contribution in [-0.2, 0) is 28.8 Å². The van der Waals surface area contributed by atoms with Crippen molar-refractivity contribution in [3.63, 3.8) is 0 Å². The predicted octanol–water partition coefficient (Wildman–Crippen LogP) is 5.95. The molecule has 1 atom stereocenters. The molecular weight excluding hydrogens is 497 g/mol. The number of aliphatic hydroxyl groups excluding tert-OH is 1. The van der Waals surface area contributed by atoms with E-state index in [4.69, 9.17) is 21.1 Å². The standard InChI is InChI=1S/C29H40ClNO4.ClH/c1-4-29(5-2,18-21-15-22-9-7-8-10-23(22)16-21)31-19-25(32)20-35-26-12-13-27(30)24(17-26)11-14-28(33)34-6-3;/h7-10,12-13,17,21,25,31-32H,4-6,11,14-16,18-20H2,1-3H3;1H/t25-;/m1./s1. The lowest BCUT2D eigenvalue weighted by Crippen LogP contribution is -2.49. The molecule has 2 aromatic rings. The first-order valence-corrected chi connectivity index (χ1v) is 13.3. The zero-order valence-corrected chi connectivity index (χ0v) is 23.3. The Morgan fingerprint density at radius 1 is 1.14 bits per heavy atom. The van der Waals surface area contributed by atoms with E-state index in [1.54, 1.807) is 19.1 Å². The van der Waals surface area contributed by atoms with Gasteiger partial charge in [-0.2, -0.15) is 0 Å². The van der Waals surface area contributed by atoms with Crippen molar-refractivity contribution in [2.24, 2.45) is 5.92 Å². The molecule has 200 valence electrons. The third kappa shape index (κ3) is 8.65. The number of hydrogen-bond acceptors (Lipinski definition) is 5. The SMILES string of the molecule is CCOC(=O)CCc1cc(OC[C@H](O)CNC(CC)(CC)CC2Cc3ccccc3C2)ccc1Cl.Cl. The van der Waals surface area contributed by atoms with Crippen LogP contribution in [0.5, 0.6) is 5.75 Å². The van der Waals surface area contributed by atoms with Crippen LogP contribution in [0.2, 0.25) is 5.02 Å². The Morgan fingerprint density at radius 2 is 1.81 bits per heavy atom. The van der Waals surface area contributed by atoms with Crippen LogP contribution in [0.25, 0.3) is 0 Å². The van der Waals surface area contributed by atoms with Crippen LogP contribution in [0.4, 0.5) is 0 Å². The van der Waals surface area contributed by atoms with Gasteiger partial charge in [-0.1, -0.05) is 49.7 Å². The maximum Gasteiger partial charge on any atom is 0.306 e. The van der Waals surface area contributed by atoms with Crippen LogP contribution < -0.4 is 10.1 Å². The number of ether oxygens (including phenoxy) is 2. The third-order valence-corrected chi connectivity index (χ3v) is 7.61. The summed E-state index contributed by atoms with van der Waals surface area (Å²) in [5.74, 6) is 1.02. The van der Waals surface area contributed by atoms with E-state index in [-0.39, 0.29) is 36.9 Å². The lowest BCUT2D eigenvalue weighted by molar-refractivity contribution is -0.143. The fourth-order valence-corrected chi connectivity index (χ4v) is 5.31. The number of esters is 1. The molecule has 7 heteroatoms. The largest absolute Gasteiger partial charge is 0.491 e. The number of aliphatic hydroxyl groups is 1. The molecule has 0 spiro atoms. The second kappa shape index (κ2) is 14.8. The molecule has 1 aliphatic carbocycles. The minimum Gasteiger partial charge on any atom is -0.491 e. The molecule has 1 aliphatic rings. The third-order valence-electron chi connectivity index (χ3n) is 7.24. The summed E-state index contributed by atoms with van der Waals surface area (Å²) in [5.41, 5.74) is 3.81. The number of aryl methyl sites for hydroxylation is 1. The number of hydrogen-bond donors (Lipinski definition) is 2. The van der Waals surface area contributed by atoms with Crippen molar-refractivity contribution in [1.29, 1.82) is 0 Å². The number of carbonyl (C=O) groups excluding carboxylic acids is 1. The van der Waals surface area contributed by atoms with Crippen LogP contribution in [0, 0.1) is 5.92 Å². The minimum atomic E-state index is -0.632. The molecule has 0 bridgehead atoms. The maximum absolute atomic E-state index is 11.7. The van der Waals surface area contributed by atoms with Gasteiger partial charge in [-0.25, -0.2) is 0 Å². The van der Waals surface area contributed by atoms with E-state index in [0.717, 1.165) is 37.7 Å². The average molecular weight is 539 g/mol. The van der Waals surface area contributed by atoms with Crippen LogP contribution >= 0.6 is 24.0 Å². The minimum absolute atomic E-state index is 0. The highest BCUT2D eigenvalue weighted by molar-refractivity contribution is 6.31. The van der Waals surface area contributed by atoms with Gasteiger partial charge in [0.1, 0.15) is 18.5 Å². The van der Waals surface area contributed by atoms with Gasteiger partial charge >= 0.3 is 5.97 Å². The molecule has 5 nitrogen and oxygen atoms in total. The molecule has 0 saturated heterocycles. The number of β-amino-alcohol motifs (C(OH)–C–C–N with tert-alkyl or cyclic N) is 1. The van der Waals surface area contributed by atoms with Crippen molar-refractivity contribution >= 4 is 30.0 Å². The molecule has 3 rings (SSSR count). The molecule has 2 N–H and O–H groups in total. The number of carbonyl (C=O) groups is 1. The molecule has 2 aromatic carbocycles. The van der Waals surface area contributed by atoms with Gasteiger partial charge < -0.3 is 19.9 Å². The maximum atomic E-state index is 11.7. The molecule has 0 fully saturated rings. The summed E-state index contributed by atoms with van der Waals surface area (Å²) >= 11 is 6.28. The first-order valence-electron chi connectivity index (χ1n) is 12.9. The monoisotopic (exact) mass is 537 g/mol. The summed E-state index contributed by atoms with van der Waals surface area (Å²) in [4.78, 5) is 11.7. The van der Waals surface area contributed by atoms with Crippen molar-refractivity contribution in [3.05, 3.63) is 64.2 Å². The predicted molar refractivity (Wildman–Crippen MR) is 148 cm³/mol. The highest BCUT2D eigenvalue weighted by Crippen LogP contribution is 2.34. The number of halogens is 2. The van der Waals surface area contributed by atoms with Crippen LogP contribution in [0.1, 0.15) is 63.1 Å². The Hall–Kier alpha value is -1.79. The van der Waals surface area contributed by atoms with Crippen molar-refractivity contribution < 1.29 is 19.4 Å². The van der Waals surface area contributed by atoms with Crippen molar-refractivity contribution in [1.82, 2.24) is 5.32 Å². The van der Waals surface area contributed by atoms with Gasteiger partial charge in [0.15, 0.2) is 0 Å². The fourth-order valence-electron chi connectivity index (χ4n) is 5.10. The van der Waals surface area contributed by atoms with Crippen molar-refractivity contribution in [2.75, 3.05) is 19.8 Å². The molecular formula is C29H41Cl2NO4. The second-order valence-electron chi connectivity index (χ2n) is 9.64. The van der Waals surface area contributed by atoms with E-state index >= 15 is 0 Å². The van der Waals surface area contributed by atoms with E-state index in [0.29, 0.717) is 36.3 Å². The first kappa shape index (κ1) is 30.4. The molecule has 0 amide bonds. The Labute approximate surface area is 227 Å². The molecule has 0 saturated carbocycles. The van der Waals surface area contributed by atoms with Gasteiger partial charge in [0, 0.05) is 23.5 Å². The zero-order chi connectivity index (χ0) is 25.3. The second-order valence-corrected chi connectivity index (χ2v) is 10.0. The summed E-state index contributed by atoms with van der Waals surface area (Å²) in [6.45, 7) is 7.28. The van der Waals surface area contributed by atoms with Gasteiger partial charge in [-0.15, -0.1) is 12.4 Å². The summed E-state index contributed by atoms with van der Waals surface area (Å²) in [7, 11) is 0. The Balaban J connectivity index is 0.00000456. The Morgan fingerprint density at radius 3 is 2.42 bits per heavy atom. The van der Waals surface area contributed by atoms with Gasteiger partial charge in [0.25, 0.3) is 0 Å². The van der Waals surface area contributed by atoms with Gasteiger partial charge in [-0.05, 0) is 86.3 Å². The lowest BCUT2D eigenvalue weighted by atomic mass is 9.81. The van der Waals surface area contributed by atoms with E-state index in [9.17, 15) is 9.90 Å². The summed E-state index contributed by atoms with van der Waals surface area (Å²) in [5, 5.41) is 14.9. The average Bonchev–Trinajstić information content (AvgIpc) is 3.27. The molecule has 0 heterocycles. The van der Waals surface area contributed by atoms with Crippen LogP contribution in [-0.4, -0.2) is 42.5 Å². The normalized spacial score (nSPS) is 14.1. The quantitative estimate of drug-likeness (QED) is 0.291. The van der Waals surface area contributed by atoms with Crippen molar-refractivity contribution in [2.45, 2.75) is 77.4 Å². The van der Waals surface area contributed by atoms with E-state index in [1.807, 2.05) is 6.07 Å². The Bertz CT molecular complexity index is 939. The smallest absolute Gasteiger partial charge is 0.306 e. The lowest BCUT2D eigenvalue weighted by Gasteiger charge is -2.36. The summed E-state index contributed by atoms with van der Waals surface area (Å²) in [6, 6.07) is 14.2. The van der Waals surface area contributed by atoms with Crippen LogP contribution in [0.15, 0.2) is 42.5 Å². The highest BCUT2D eigenvalue weighted by atomic mass is 35.5. The number of benzene rings is 2. The summed E-state index contributed by atoms with van der Waals surface area (Å²) < 4.78 is 10.9. The molecule has 0 unspecified atom stereocenters. The number of nitrogens with one attached hydrogen (secondary N) is 1. The molecule has 0 aromatic heterocycles. The first-order chi connectivity index (χ1) is 16.9. The molecule has 0 aliphatic heterocycles. The number of fused-ring (bicyclic) bond motifs is 1. The van der Waals surface area contributed by atoms with E-state index < -0.39 is 6.10 Å². The van der Waals surface area contributed by atoms with Gasteiger partial charge in [0.05, 0.1) is 6.61 Å². The van der Waals surface area contributed by atoms with Gasteiger partial charge in [0.2, 0.25) is 0 Å².